The average Bonchev–Trinajstić information content (AvgIpc) is 2.63. The zero-order valence-electron chi connectivity index (χ0n) is 10.8. The van der Waals surface area contributed by atoms with Gasteiger partial charge in [0.05, 0.1) is 12.5 Å². The Hall–Kier alpha value is -1.35. The maximum atomic E-state index is 11.9. The normalized spacial score (nSPS) is 30.6. The molecule has 0 radical (unpaired) electrons. The third kappa shape index (κ3) is 1.74. The number of hydrogen-bond acceptors (Lipinski definition) is 3. The first-order valence-corrected chi connectivity index (χ1v) is 6.59. The van der Waals surface area contributed by atoms with Crippen LogP contribution < -0.4 is 0 Å². The van der Waals surface area contributed by atoms with Crippen LogP contribution in [0, 0.1) is 11.3 Å². The molecule has 2 atom stereocenters. The highest BCUT2D eigenvalue weighted by Gasteiger charge is 2.58. The molecule has 2 aliphatic rings. The van der Waals surface area contributed by atoms with Crippen molar-refractivity contribution in [2.24, 2.45) is 11.3 Å². The van der Waals surface area contributed by atoms with Gasteiger partial charge in [-0.05, 0) is 24.3 Å². The van der Waals surface area contributed by atoms with Gasteiger partial charge in [-0.2, -0.15) is 0 Å². The number of ether oxygens (including phenoxy) is 1. The fraction of sp³-hybridized carbons (Fsp3) is 0.533. The van der Waals surface area contributed by atoms with Gasteiger partial charge >= 0.3 is 5.97 Å². The molecule has 1 saturated carbocycles. The monoisotopic (exact) mass is 245 g/mol. The minimum atomic E-state index is -0.191. The minimum Gasteiger partial charge on any atom is -0.469 e. The summed E-state index contributed by atoms with van der Waals surface area (Å²) in [6.45, 7) is 2.83. The third-order valence-corrected chi connectivity index (χ3v) is 4.55. The predicted molar refractivity (Wildman–Crippen MR) is 68.9 cm³/mol. The molecule has 1 aromatic rings. The number of fused-ring (bicyclic) bond motifs is 1. The van der Waals surface area contributed by atoms with E-state index in [1.807, 2.05) is 6.07 Å². The second-order valence-electron chi connectivity index (χ2n) is 5.54. The van der Waals surface area contributed by atoms with Gasteiger partial charge in [0.15, 0.2) is 0 Å². The van der Waals surface area contributed by atoms with E-state index >= 15 is 0 Å². The van der Waals surface area contributed by atoms with E-state index in [2.05, 4.69) is 29.2 Å². The zero-order chi connectivity index (χ0) is 12.6. The lowest BCUT2D eigenvalue weighted by Crippen LogP contribution is -2.47. The van der Waals surface area contributed by atoms with Crippen LogP contribution in [0.1, 0.15) is 18.4 Å². The molecule has 0 amide bonds. The van der Waals surface area contributed by atoms with Crippen molar-refractivity contribution in [1.82, 2.24) is 4.90 Å². The predicted octanol–water partition coefficient (Wildman–Crippen LogP) is 2.07. The van der Waals surface area contributed by atoms with Crippen LogP contribution in [0.15, 0.2) is 30.3 Å². The van der Waals surface area contributed by atoms with Crippen LogP contribution >= 0.6 is 0 Å². The molecule has 1 saturated heterocycles. The van der Waals surface area contributed by atoms with Crippen LogP contribution in [0.3, 0.4) is 0 Å². The molecule has 1 aliphatic carbocycles. The highest BCUT2D eigenvalue weighted by atomic mass is 16.5. The van der Waals surface area contributed by atoms with E-state index < -0.39 is 0 Å². The van der Waals surface area contributed by atoms with Crippen molar-refractivity contribution >= 4 is 5.97 Å². The van der Waals surface area contributed by atoms with Crippen molar-refractivity contribution < 1.29 is 9.53 Å². The number of nitrogens with zero attached hydrogens (tertiary/aromatic N) is 1. The maximum absolute atomic E-state index is 11.9. The van der Waals surface area contributed by atoms with E-state index in [0.717, 1.165) is 26.1 Å². The lowest BCUT2D eigenvalue weighted by molar-refractivity contribution is -0.160. The van der Waals surface area contributed by atoms with E-state index in [0.29, 0.717) is 5.92 Å². The Labute approximate surface area is 108 Å². The molecule has 3 rings (SSSR count). The Balaban J connectivity index is 1.70. The highest BCUT2D eigenvalue weighted by molar-refractivity contribution is 5.79. The van der Waals surface area contributed by atoms with Crippen LogP contribution in [0.25, 0.3) is 0 Å². The lowest BCUT2D eigenvalue weighted by Gasteiger charge is -2.40. The fourth-order valence-electron chi connectivity index (χ4n) is 3.44. The van der Waals surface area contributed by atoms with Crippen LogP contribution in [0.5, 0.6) is 0 Å². The van der Waals surface area contributed by atoms with Crippen molar-refractivity contribution in [2.75, 3.05) is 20.2 Å². The van der Waals surface area contributed by atoms with Gasteiger partial charge in [0.25, 0.3) is 0 Å². The van der Waals surface area contributed by atoms with E-state index in [1.54, 1.807) is 0 Å². The van der Waals surface area contributed by atoms with Gasteiger partial charge in [0.2, 0.25) is 0 Å². The molecular weight excluding hydrogens is 226 g/mol. The first-order chi connectivity index (χ1) is 8.74. The van der Waals surface area contributed by atoms with Crippen LogP contribution in [0.4, 0.5) is 0 Å². The van der Waals surface area contributed by atoms with Gasteiger partial charge < -0.3 is 4.74 Å². The number of hydrogen-bond donors (Lipinski definition) is 0. The van der Waals surface area contributed by atoms with Crippen molar-refractivity contribution in [1.29, 1.82) is 0 Å². The molecule has 3 nitrogen and oxygen atoms in total. The minimum absolute atomic E-state index is 0.00527. The highest BCUT2D eigenvalue weighted by Crippen LogP contribution is 2.52. The lowest BCUT2D eigenvalue weighted by atomic mass is 9.62. The molecule has 2 unspecified atom stereocenters. The van der Waals surface area contributed by atoms with Crippen molar-refractivity contribution in [2.45, 2.75) is 19.4 Å². The fourth-order valence-corrected chi connectivity index (χ4v) is 3.44. The smallest absolute Gasteiger partial charge is 0.313 e. The van der Waals surface area contributed by atoms with Crippen LogP contribution in [-0.2, 0) is 16.1 Å². The van der Waals surface area contributed by atoms with E-state index in [9.17, 15) is 4.79 Å². The molecule has 0 bridgehead atoms. The molecule has 0 N–H and O–H groups in total. The Morgan fingerprint density at radius 3 is 2.83 bits per heavy atom. The molecular formula is C15H19NO2. The van der Waals surface area contributed by atoms with Crippen LogP contribution in [0.2, 0.25) is 0 Å². The van der Waals surface area contributed by atoms with Crippen molar-refractivity contribution in [3.63, 3.8) is 0 Å². The molecule has 3 heteroatoms. The standard InChI is InChI=1S/C15H19NO2/c1-18-14(17)15-8-7-13(15)10-16(11-15)9-12-5-3-2-4-6-12/h2-6,13H,7-11H2,1H3. The number of carbonyl (C=O) groups excluding carboxylic acids is 1. The molecule has 1 heterocycles. The summed E-state index contributed by atoms with van der Waals surface area (Å²) in [5.74, 6) is 0.503. The van der Waals surface area contributed by atoms with Crippen molar-refractivity contribution in [3.05, 3.63) is 35.9 Å². The van der Waals surface area contributed by atoms with Crippen LogP contribution in [-0.4, -0.2) is 31.1 Å². The largest absolute Gasteiger partial charge is 0.469 e. The van der Waals surface area contributed by atoms with Gasteiger partial charge in [0, 0.05) is 19.6 Å². The molecule has 96 valence electrons. The van der Waals surface area contributed by atoms with Gasteiger partial charge in [-0.15, -0.1) is 0 Å². The maximum Gasteiger partial charge on any atom is 0.313 e. The van der Waals surface area contributed by atoms with Gasteiger partial charge in [-0.3, -0.25) is 9.69 Å². The second kappa shape index (κ2) is 4.39. The third-order valence-electron chi connectivity index (χ3n) is 4.55. The number of likely N-dealkylation sites (tertiary alicyclic amines) is 1. The molecule has 1 aromatic carbocycles. The van der Waals surface area contributed by atoms with Gasteiger partial charge in [0.1, 0.15) is 0 Å². The number of benzene rings is 1. The molecule has 1 aliphatic heterocycles. The average molecular weight is 245 g/mol. The molecule has 18 heavy (non-hydrogen) atoms. The number of esters is 1. The second-order valence-corrected chi connectivity index (χ2v) is 5.54. The number of rotatable bonds is 3. The summed E-state index contributed by atoms with van der Waals surface area (Å²) in [5, 5.41) is 0. The number of methoxy groups -OCH3 is 1. The summed E-state index contributed by atoms with van der Waals surface area (Å²) in [5.41, 5.74) is 1.13. The number of carbonyl (C=O) groups is 1. The van der Waals surface area contributed by atoms with E-state index in [-0.39, 0.29) is 11.4 Å². The summed E-state index contributed by atoms with van der Waals surface area (Å²) in [6.07, 6.45) is 2.16. The summed E-state index contributed by atoms with van der Waals surface area (Å²) < 4.78 is 4.99. The van der Waals surface area contributed by atoms with Gasteiger partial charge in [-0.25, -0.2) is 0 Å². The molecule has 2 fully saturated rings. The quantitative estimate of drug-likeness (QED) is 0.764. The Morgan fingerprint density at radius 1 is 1.44 bits per heavy atom. The Kier molecular flexibility index (Phi) is 2.86. The molecule has 0 aromatic heterocycles. The van der Waals surface area contributed by atoms with Crippen molar-refractivity contribution in [3.8, 4) is 0 Å². The van der Waals surface area contributed by atoms with E-state index in [1.165, 1.54) is 19.1 Å². The summed E-state index contributed by atoms with van der Waals surface area (Å²) in [6, 6.07) is 10.5. The summed E-state index contributed by atoms with van der Waals surface area (Å²) in [4.78, 5) is 14.3. The SMILES string of the molecule is COC(=O)C12CCC1CN(Cc1ccccc1)C2. The van der Waals surface area contributed by atoms with Gasteiger partial charge in [-0.1, -0.05) is 30.3 Å². The first kappa shape index (κ1) is 11.7. The van der Waals surface area contributed by atoms with E-state index in [4.69, 9.17) is 4.74 Å². The Morgan fingerprint density at radius 2 is 2.22 bits per heavy atom. The summed E-state index contributed by atoms with van der Waals surface area (Å²) >= 11 is 0. The zero-order valence-corrected chi connectivity index (χ0v) is 10.8. The first-order valence-electron chi connectivity index (χ1n) is 6.59. The summed E-state index contributed by atoms with van der Waals surface area (Å²) in [7, 11) is 1.51. The molecule has 0 spiro atoms. The Bertz CT molecular complexity index is 445. The topological polar surface area (TPSA) is 29.5 Å².